The molecular formula is C37H48N6O9. The minimum atomic E-state index is -0.967. The summed E-state index contributed by atoms with van der Waals surface area (Å²) in [6.07, 6.45) is 4.17. The summed E-state index contributed by atoms with van der Waals surface area (Å²) < 4.78 is 14.9. The molecule has 4 amide bonds. The topological polar surface area (TPSA) is 198 Å². The number of hydrogen-bond acceptors (Lipinski definition) is 10. The number of nitrogens with zero attached hydrogens (tertiary/aromatic N) is 2. The van der Waals surface area contributed by atoms with Crippen LogP contribution in [0.2, 0.25) is 0 Å². The minimum Gasteiger partial charge on any atom is -0.463 e. The lowest BCUT2D eigenvalue weighted by molar-refractivity contribution is -0.146. The predicted molar refractivity (Wildman–Crippen MR) is 193 cm³/mol. The molecule has 0 aliphatic heterocycles. The molecule has 1 fully saturated rings. The average Bonchev–Trinajstić information content (AvgIpc) is 3.56. The van der Waals surface area contributed by atoms with E-state index < -0.39 is 36.6 Å². The zero-order valence-corrected chi connectivity index (χ0v) is 30.1. The van der Waals surface area contributed by atoms with Crippen LogP contribution in [-0.4, -0.2) is 85.2 Å². The van der Waals surface area contributed by atoms with Crippen molar-refractivity contribution in [1.82, 2.24) is 20.6 Å². The first-order valence-corrected chi connectivity index (χ1v) is 17.6. The maximum Gasteiger partial charge on any atom is 0.407 e. The fourth-order valence-electron chi connectivity index (χ4n) is 5.83. The molecule has 1 saturated carbocycles. The van der Waals surface area contributed by atoms with E-state index >= 15 is 0 Å². The number of anilines is 2. The lowest BCUT2D eigenvalue weighted by Gasteiger charge is -2.29. The molecule has 2 aromatic carbocycles. The highest BCUT2D eigenvalue weighted by Crippen LogP contribution is 2.29. The van der Waals surface area contributed by atoms with Gasteiger partial charge in [-0.3, -0.25) is 14.4 Å². The molecule has 4 rings (SSSR count). The minimum absolute atomic E-state index is 0.124. The highest BCUT2D eigenvalue weighted by Gasteiger charge is 2.30. The third kappa shape index (κ3) is 11.5. The van der Waals surface area contributed by atoms with Gasteiger partial charge in [0.2, 0.25) is 23.5 Å². The van der Waals surface area contributed by atoms with Gasteiger partial charge in [0.1, 0.15) is 6.04 Å². The third-order valence-electron chi connectivity index (χ3n) is 8.90. The molecule has 280 valence electrons. The highest BCUT2D eigenvalue weighted by molar-refractivity contribution is 5.99. The van der Waals surface area contributed by atoms with Crippen molar-refractivity contribution >= 4 is 58.2 Å². The molecule has 15 heteroatoms. The van der Waals surface area contributed by atoms with Crippen LogP contribution in [0.25, 0.3) is 11.0 Å². The van der Waals surface area contributed by atoms with Gasteiger partial charge in [0, 0.05) is 44.2 Å². The summed E-state index contributed by atoms with van der Waals surface area (Å²) >= 11 is 0. The van der Waals surface area contributed by atoms with Gasteiger partial charge in [-0.1, -0.05) is 25.5 Å². The number of hydrogen-bond donors (Lipinski definition) is 4. The van der Waals surface area contributed by atoms with Gasteiger partial charge >= 0.3 is 18.0 Å². The number of H-pyrrole nitrogens is 1. The Morgan fingerprint density at radius 3 is 2.46 bits per heavy atom. The van der Waals surface area contributed by atoms with Crippen LogP contribution < -0.4 is 20.9 Å². The van der Waals surface area contributed by atoms with E-state index in [9.17, 15) is 28.8 Å². The summed E-state index contributed by atoms with van der Waals surface area (Å²) in [5.41, 5.74) is 2.62. The number of carbonyl (C=O) groups excluding carboxylic acids is 6. The smallest absolute Gasteiger partial charge is 0.407 e. The first-order valence-electron chi connectivity index (χ1n) is 17.6. The molecule has 1 aromatic heterocycles. The van der Waals surface area contributed by atoms with Crippen molar-refractivity contribution in [3.63, 3.8) is 0 Å². The van der Waals surface area contributed by atoms with Crippen LogP contribution in [0.3, 0.4) is 0 Å². The molecule has 1 aliphatic rings. The van der Waals surface area contributed by atoms with Crippen molar-refractivity contribution in [3.05, 3.63) is 53.9 Å². The summed E-state index contributed by atoms with van der Waals surface area (Å²) in [6.45, 7) is 5.59. The number of nitrogens with one attached hydrogen (secondary N) is 4. The molecule has 4 N–H and O–H groups in total. The van der Waals surface area contributed by atoms with Gasteiger partial charge in [-0.15, -0.1) is 0 Å². The molecule has 1 atom stereocenters. The van der Waals surface area contributed by atoms with Crippen molar-refractivity contribution in [2.24, 2.45) is 11.8 Å². The Bertz CT molecular complexity index is 1730. The number of aromatic amines is 1. The molecule has 0 saturated heterocycles. The van der Waals surface area contributed by atoms with Crippen molar-refractivity contribution in [1.29, 1.82) is 0 Å². The van der Waals surface area contributed by atoms with Crippen LogP contribution in [0, 0.1) is 11.8 Å². The number of aromatic nitrogens is 2. The fraction of sp³-hybridized carbons (Fsp3) is 0.486. The molecule has 3 aromatic rings. The number of alkyl carbamates (subject to hydrolysis) is 1. The van der Waals surface area contributed by atoms with Crippen LogP contribution in [-0.2, 0) is 39.8 Å². The van der Waals surface area contributed by atoms with E-state index in [0.717, 1.165) is 31.2 Å². The lowest BCUT2D eigenvalue weighted by Crippen LogP contribution is -2.48. The zero-order chi connectivity index (χ0) is 37.6. The van der Waals surface area contributed by atoms with Gasteiger partial charge in [-0.05, 0) is 80.8 Å². The zero-order valence-electron chi connectivity index (χ0n) is 30.1. The molecule has 52 heavy (non-hydrogen) atoms. The molecule has 0 spiro atoms. The summed E-state index contributed by atoms with van der Waals surface area (Å²) in [7, 11) is 1.66. The van der Waals surface area contributed by atoms with Crippen molar-refractivity contribution < 1.29 is 43.0 Å². The Morgan fingerprint density at radius 1 is 0.981 bits per heavy atom. The van der Waals surface area contributed by atoms with Gasteiger partial charge in [0.15, 0.2) is 6.61 Å². The van der Waals surface area contributed by atoms with Crippen molar-refractivity contribution in [3.8, 4) is 0 Å². The van der Waals surface area contributed by atoms with Gasteiger partial charge in [0.05, 0.1) is 24.2 Å². The van der Waals surface area contributed by atoms with E-state index in [1.807, 2.05) is 13.0 Å². The van der Waals surface area contributed by atoms with Crippen molar-refractivity contribution in [2.75, 3.05) is 43.6 Å². The molecule has 1 aliphatic carbocycles. The Hall–Kier alpha value is -5.47. The predicted octanol–water partition coefficient (Wildman–Crippen LogP) is 4.26. The Morgan fingerprint density at radius 2 is 1.75 bits per heavy atom. The van der Waals surface area contributed by atoms with Crippen LogP contribution in [0.4, 0.5) is 16.2 Å². The second-order valence-electron chi connectivity index (χ2n) is 12.8. The lowest BCUT2D eigenvalue weighted by atomic mass is 9.81. The van der Waals surface area contributed by atoms with Crippen molar-refractivity contribution in [2.45, 2.75) is 71.8 Å². The van der Waals surface area contributed by atoms with Gasteiger partial charge in [-0.2, -0.15) is 0 Å². The van der Waals surface area contributed by atoms with Crippen LogP contribution in [0.1, 0.15) is 75.5 Å². The third-order valence-corrected chi connectivity index (χ3v) is 8.90. The quantitative estimate of drug-likeness (QED) is 0.0942. The number of fused-ring (bicyclic) bond motifs is 1. The van der Waals surface area contributed by atoms with Crippen LogP contribution in [0.5, 0.6) is 0 Å². The molecule has 15 nitrogen and oxygen atoms in total. The highest BCUT2D eigenvalue weighted by atomic mass is 16.6. The maximum absolute atomic E-state index is 13.8. The first-order chi connectivity index (χ1) is 25.0. The summed E-state index contributed by atoms with van der Waals surface area (Å²) in [4.78, 5) is 83.9. The molecule has 0 radical (unpaired) electrons. The second-order valence-corrected chi connectivity index (χ2v) is 12.8. The number of rotatable bonds is 16. The largest absolute Gasteiger partial charge is 0.463 e. The van der Waals surface area contributed by atoms with E-state index in [1.165, 1.54) is 11.8 Å². The second kappa shape index (κ2) is 19.2. The summed E-state index contributed by atoms with van der Waals surface area (Å²) in [5, 5.41) is 8.65. The first kappa shape index (κ1) is 39.3. The molecule has 0 bridgehead atoms. The summed E-state index contributed by atoms with van der Waals surface area (Å²) in [6, 6.07) is 11.1. The van der Waals surface area contributed by atoms with E-state index in [1.54, 1.807) is 50.4 Å². The fourth-order valence-corrected chi connectivity index (χ4v) is 5.83. The number of amides is 4. The Balaban J connectivity index is 1.43. The number of carbonyl (C=O) groups is 6. The normalized spacial score (nSPS) is 15.9. The van der Waals surface area contributed by atoms with E-state index in [0.29, 0.717) is 48.4 Å². The molecule has 1 unspecified atom stereocenters. The Labute approximate surface area is 302 Å². The average molecular weight is 721 g/mol. The van der Waals surface area contributed by atoms with Crippen LogP contribution in [0.15, 0.2) is 42.5 Å². The van der Waals surface area contributed by atoms with Gasteiger partial charge in [-0.25, -0.2) is 19.4 Å². The number of benzene rings is 2. The monoisotopic (exact) mass is 720 g/mol. The number of ether oxygens (including phenoxy) is 3. The van der Waals surface area contributed by atoms with Crippen LogP contribution >= 0.6 is 0 Å². The summed E-state index contributed by atoms with van der Waals surface area (Å²) in [5.74, 6) is -2.59. The maximum atomic E-state index is 13.8. The SMILES string of the molecule is CCCCOC(=O)NCC1CCC(C(=O)NC(Cc2cccc(N(C)C(C)=O)c2)C(=O)Nc2ccc3[nH]c(C(=O)OCC(=O)OCC)nc3c2)CC1. The number of imidazole rings is 1. The van der Waals surface area contributed by atoms with E-state index in [4.69, 9.17) is 14.2 Å². The van der Waals surface area contributed by atoms with E-state index in [2.05, 4.69) is 25.9 Å². The Kier molecular flexibility index (Phi) is 14.5. The standard InChI is InChI=1S/C37H48N6O9/c1-5-7-17-51-37(49)38-21-24-11-13-26(14-12-24)34(46)42-31(19-25-9-8-10-28(18-25)43(4)23(3)44)35(47)39-27-15-16-29-30(20-27)41-33(40-29)36(48)52-22-32(45)50-6-2/h8-10,15-16,18,20,24,26,31H,5-7,11-14,17,19,21-22H2,1-4H3,(H,38,49)(H,39,47)(H,40,41)(H,42,46). The van der Waals surface area contributed by atoms with E-state index in [-0.39, 0.29) is 42.5 Å². The molecular weight excluding hydrogens is 672 g/mol. The van der Waals surface area contributed by atoms with Gasteiger partial charge in [0.25, 0.3) is 0 Å². The van der Waals surface area contributed by atoms with Gasteiger partial charge < -0.3 is 40.0 Å². The molecule has 1 heterocycles. The number of unbranched alkanes of at least 4 members (excludes halogenated alkanes) is 1. The number of esters is 2.